The molecular formula is C96H104Cl2FN29O9. The number of aromatic amines is 8. The molecular weight excluding hydrogens is 1790 g/mol. The molecule has 0 spiro atoms. The fourth-order valence-electron chi connectivity index (χ4n) is 16.6. The van der Waals surface area contributed by atoms with E-state index in [1.54, 1.807) is 43.8 Å². The van der Waals surface area contributed by atoms with Crippen LogP contribution in [0.4, 0.5) is 58.6 Å². The lowest BCUT2D eigenvalue weighted by molar-refractivity contribution is 0.0341. The number of rotatable bonds is 23. The van der Waals surface area contributed by atoms with Gasteiger partial charge in [0, 0.05) is 128 Å². The Morgan fingerprint density at radius 2 is 0.796 bits per heavy atom. The predicted molar refractivity (Wildman–Crippen MR) is 525 cm³/mol. The van der Waals surface area contributed by atoms with Crippen LogP contribution in [-0.4, -0.2) is 275 Å². The molecule has 5 saturated heterocycles. The maximum Gasteiger partial charge on any atom is 0.323 e. The molecule has 708 valence electrons. The van der Waals surface area contributed by atoms with E-state index in [9.17, 15) is 23.6 Å². The molecule has 0 atom stereocenters. The van der Waals surface area contributed by atoms with E-state index in [2.05, 4.69) is 198 Å². The molecule has 13 heterocycles. The Morgan fingerprint density at radius 3 is 1.20 bits per heavy atom. The van der Waals surface area contributed by atoms with Gasteiger partial charge in [0.2, 0.25) is 0 Å². The van der Waals surface area contributed by atoms with Crippen molar-refractivity contribution in [2.24, 2.45) is 0 Å². The summed E-state index contributed by atoms with van der Waals surface area (Å²) in [6.45, 7) is 22.8. The number of aryl methyl sites for hydroxylation is 1. The minimum absolute atomic E-state index is 0.253. The van der Waals surface area contributed by atoms with Gasteiger partial charge in [-0.3, -0.25) is 44.8 Å². The van der Waals surface area contributed by atoms with Gasteiger partial charge in [0.15, 0.2) is 23.3 Å². The molecule has 8 aromatic heterocycles. The molecule has 8 aromatic carbocycles. The number of H-pyrrole nitrogens is 8. The van der Waals surface area contributed by atoms with E-state index in [4.69, 9.17) is 51.9 Å². The van der Waals surface area contributed by atoms with Crippen LogP contribution in [0, 0.1) is 12.7 Å². The van der Waals surface area contributed by atoms with Gasteiger partial charge in [-0.1, -0.05) is 83.9 Å². The van der Waals surface area contributed by atoms with E-state index in [1.807, 2.05) is 79.7 Å². The highest BCUT2D eigenvalue weighted by atomic mass is 35.5. The molecule has 5 aliphatic heterocycles. The SMILES string of the molecule is CN1CCN(c2cc(F)cc(C(=O)Nc3cn[nH]c3-c3nc4ccc(CN5CCOCC5)cc4[nH]3)c2)CC1.COc1ccc(C)cc1NC(=O)Nc1cn[nH]c1-c1nc2ccc(CN3CCOCC3)cc2[nH]1.O=C(NCc1ccccc1)Nc1cn[nH]c1-c1nc2ccc(CN3CCOCC3)cc2[nH]1.O=C(Nc1ccc(Cl)c(Cl)c1)Nc1cn[nH]c1-c1nc2ccc(CN3CCOCC3)cc2[nH]1. The number of piperazine rings is 1. The van der Waals surface area contributed by atoms with Crippen molar-refractivity contribution in [2.75, 3.05) is 182 Å². The van der Waals surface area contributed by atoms with Crippen LogP contribution < -0.4 is 46.9 Å². The molecule has 5 aliphatic rings. The van der Waals surface area contributed by atoms with E-state index in [0.717, 1.165) is 213 Å². The summed E-state index contributed by atoms with van der Waals surface area (Å²) in [6, 6.07) is 48.3. The van der Waals surface area contributed by atoms with E-state index in [1.165, 1.54) is 46.8 Å². The fraction of sp³-hybridized carbons (Fsp3) is 0.292. The fourth-order valence-corrected chi connectivity index (χ4v) is 16.9. The Balaban J connectivity index is 0.000000122. The van der Waals surface area contributed by atoms with Crippen LogP contribution in [0.25, 0.3) is 90.2 Å². The number of aromatic nitrogens is 16. The van der Waals surface area contributed by atoms with E-state index >= 15 is 0 Å². The summed E-state index contributed by atoms with van der Waals surface area (Å²) < 4.78 is 41.5. The van der Waals surface area contributed by atoms with Crippen LogP contribution in [0.5, 0.6) is 5.75 Å². The largest absolute Gasteiger partial charge is 0.495 e. The molecule has 5 fully saturated rings. The molecule has 7 amide bonds. The molecule has 0 saturated carbocycles. The number of methoxy groups -OCH3 is 1. The minimum Gasteiger partial charge on any atom is -0.495 e. The Morgan fingerprint density at radius 1 is 0.401 bits per heavy atom. The first-order valence-electron chi connectivity index (χ1n) is 45.1. The quantitative estimate of drug-likeness (QED) is 0.0283. The second kappa shape index (κ2) is 43.9. The summed E-state index contributed by atoms with van der Waals surface area (Å²) >= 11 is 11.9. The zero-order valence-corrected chi connectivity index (χ0v) is 77.1. The standard InChI is InChI=1S/C27H31FN8O2.C24H27N7O3.C23H25N7O2.C22H21Cl2N7O2/c1-34-4-6-36(7-5-34)21-14-19(13-20(28)15-21)27(37)32-24-16-29-33-25(24)26-30-22-3-2-18(12-23(22)31-26)17-35-8-10-38-11-9-35;1-15-3-6-21(33-2)19(11-15)28-24(32)29-20-13-25-30-22(20)23-26-17-5-4-16(12-18(17)27-23)14-31-7-9-34-10-8-31;31-23(24-13-16-4-2-1-3-5-16)28-20-14-25-29-21(20)22-26-18-7-6-17(12-19(18)27-22)15-30-8-10-32-11-9-30;23-15-3-2-14(10-16(15)24)26-22(32)29-19-11-25-30-20(19)21-27-17-4-1-13(9-18(17)28-21)12-31-5-7-33-8-6-31/h2-3,12-16H,4-11,17H2,1H3,(H,29,33)(H,30,31)(H,32,37);3-6,11-13H,7-10,14H2,1-2H3,(H,25,30)(H,26,27)(H2,28,29,32);1-7,12,14H,8-11,13,15H2,(H,25,29)(H,26,27)(H2,24,28,31);1-4,9-11H,5-8,12H2,(H,25,30)(H,27,28)(H2,26,29,32). The van der Waals surface area contributed by atoms with Crippen molar-refractivity contribution in [2.45, 2.75) is 39.6 Å². The van der Waals surface area contributed by atoms with Gasteiger partial charge in [-0.15, -0.1) is 0 Å². The molecule has 0 aliphatic carbocycles. The average Bonchev–Trinajstić information content (AvgIpc) is 1.62. The maximum absolute atomic E-state index is 14.5. The number of hydrogen-bond acceptors (Lipinski definition) is 23. The zero-order chi connectivity index (χ0) is 94.1. The van der Waals surface area contributed by atoms with Crippen molar-refractivity contribution in [3.63, 3.8) is 0 Å². The van der Waals surface area contributed by atoms with Crippen LogP contribution in [0.3, 0.4) is 0 Å². The van der Waals surface area contributed by atoms with Crippen molar-refractivity contribution < 1.29 is 47.3 Å². The number of likely N-dealkylation sites (N-methyl/N-ethyl adjacent to an activating group) is 1. The van der Waals surface area contributed by atoms with Gasteiger partial charge in [0.05, 0.1) is 167 Å². The second-order valence-corrected chi connectivity index (χ2v) is 34.5. The average molecular weight is 1900 g/mol. The number of benzene rings is 8. The number of anilines is 7. The lowest BCUT2D eigenvalue weighted by Crippen LogP contribution is -2.44. The van der Waals surface area contributed by atoms with Gasteiger partial charge in [0.25, 0.3) is 5.91 Å². The van der Waals surface area contributed by atoms with Gasteiger partial charge >= 0.3 is 18.1 Å². The van der Waals surface area contributed by atoms with Gasteiger partial charge < -0.3 is 90.6 Å². The normalized spacial score (nSPS) is 15.2. The molecule has 41 heteroatoms. The number of ether oxygens (including phenoxy) is 5. The highest BCUT2D eigenvalue weighted by Crippen LogP contribution is 2.35. The molecule has 0 radical (unpaired) electrons. The van der Waals surface area contributed by atoms with Crippen LogP contribution in [0.15, 0.2) is 183 Å². The molecule has 16 aromatic rings. The summed E-state index contributed by atoms with van der Waals surface area (Å²) in [5.74, 6) is 2.09. The number of amides is 7. The second-order valence-electron chi connectivity index (χ2n) is 33.7. The maximum atomic E-state index is 14.5. The van der Waals surface area contributed by atoms with Crippen LogP contribution in [0.2, 0.25) is 10.0 Å². The third-order valence-electron chi connectivity index (χ3n) is 23.8. The molecule has 21 rings (SSSR count). The number of nitrogens with zero attached hydrogens (tertiary/aromatic N) is 14. The van der Waals surface area contributed by atoms with Gasteiger partial charge in [0.1, 0.15) is 34.3 Å². The summed E-state index contributed by atoms with van der Waals surface area (Å²) in [5.41, 5.74) is 20.3. The zero-order valence-electron chi connectivity index (χ0n) is 75.6. The minimum atomic E-state index is -0.444. The third kappa shape index (κ3) is 24.1. The van der Waals surface area contributed by atoms with Crippen LogP contribution in [-0.2, 0) is 51.7 Å². The number of carbonyl (C=O) groups excluding carboxylic acids is 4. The Labute approximate surface area is 795 Å². The number of fused-ring (bicyclic) bond motifs is 4. The lowest BCUT2D eigenvalue weighted by atomic mass is 10.1. The molecule has 38 nitrogen and oxygen atoms in total. The number of morpholine rings is 4. The first-order chi connectivity index (χ1) is 66.9. The van der Waals surface area contributed by atoms with E-state index in [0.29, 0.717) is 108 Å². The van der Waals surface area contributed by atoms with Crippen molar-refractivity contribution in [3.8, 4) is 51.8 Å². The van der Waals surface area contributed by atoms with Crippen molar-refractivity contribution >= 4 is 131 Å². The van der Waals surface area contributed by atoms with Crippen LogP contribution >= 0.6 is 23.2 Å². The van der Waals surface area contributed by atoms with Crippen LogP contribution in [0.1, 0.15) is 43.7 Å². The molecule has 0 bridgehead atoms. The summed E-state index contributed by atoms with van der Waals surface area (Å²) in [4.78, 5) is 96.6. The number of carbonyl (C=O) groups is 4. The van der Waals surface area contributed by atoms with Gasteiger partial charge in [-0.05, 0) is 144 Å². The summed E-state index contributed by atoms with van der Waals surface area (Å²) in [6.07, 6.45) is 6.19. The monoisotopic (exact) mass is 1900 g/mol. The number of halogens is 3. The number of urea groups is 3. The molecule has 137 heavy (non-hydrogen) atoms. The van der Waals surface area contributed by atoms with Gasteiger partial charge in [-0.2, -0.15) is 20.4 Å². The Bertz CT molecular complexity index is 6860. The number of nitrogens with one attached hydrogen (secondary N) is 15. The summed E-state index contributed by atoms with van der Waals surface area (Å²) in [7, 11) is 3.63. The number of hydrogen-bond donors (Lipinski definition) is 15. The first kappa shape index (κ1) is 92.9. The van der Waals surface area contributed by atoms with Crippen molar-refractivity contribution in [1.82, 2.24) is 110 Å². The smallest absolute Gasteiger partial charge is 0.323 e. The lowest BCUT2D eigenvalue weighted by Gasteiger charge is -2.34. The topological polar surface area (TPSA) is 448 Å². The van der Waals surface area contributed by atoms with Crippen molar-refractivity contribution in [1.29, 1.82) is 0 Å². The Hall–Kier alpha value is -14.5. The van der Waals surface area contributed by atoms with E-state index < -0.39 is 23.8 Å². The highest BCUT2D eigenvalue weighted by molar-refractivity contribution is 6.42. The summed E-state index contributed by atoms with van der Waals surface area (Å²) in [5, 5.41) is 48.6. The third-order valence-corrected chi connectivity index (χ3v) is 24.6. The van der Waals surface area contributed by atoms with Gasteiger partial charge in [-0.25, -0.2) is 38.7 Å². The van der Waals surface area contributed by atoms with Crippen molar-refractivity contribution in [3.05, 3.63) is 237 Å². The molecule has 15 N–H and O–H groups in total. The highest BCUT2D eigenvalue weighted by Gasteiger charge is 2.26. The number of imidazole rings is 4. The van der Waals surface area contributed by atoms with E-state index in [-0.39, 0.29) is 11.6 Å². The first-order valence-corrected chi connectivity index (χ1v) is 45.9. The molecule has 0 unspecified atom stereocenters. The Kier molecular flexibility index (Phi) is 29.8. The predicted octanol–water partition coefficient (Wildman–Crippen LogP) is 14.5.